The molecule has 3 aromatic rings. The molecule has 3 aliphatic rings. The van der Waals surface area contributed by atoms with E-state index >= 15 is 0 Å². The normalized spacial score (nSPS) is 26.3. The number of piperidine rings is 1. The molecule has 1 unspecified atom stereocenters. The largest absolute Gasteiger partial charge is 0.348 e. The molecule has 3 atom stereocenters. The van der Waals surface area contributed by atoms with Gasteiger partial charge in [0, 0.05) is 29.7 Å². The fourth-order valence-corrected chi connectivity index (χ4v) is 6.23. The molecule has 6 rings (SSSR count). The summed E-state index contributed by atoms with van der Waals surface area (Å²) in [6.07, 6.45) is 5.85. The monoisotopic (exact) mass is 529 g/mol. The third-order valence-electron chi connectivity index (χ3n) is 8.41. The standard InChI is InChI=1S/C28H28ClN7O2/c1-15-6-25(35-13-18-7-21(18)27(35)38)31-12-22(15)16(2)36-14-24(33-34-36)26(37)32-20-9-28(3,10-20)23-8-19(29)5-4-17(23)11-30/h4-6,8,12,14,16,18,20-21H,7,9-10,13H2,1-3H3,(H,32,37)/t16?,18-,20-,21-,28+/m1/s1. The van der Waals surface area contributed by atoms with Crippen LogP contribution in [0.1, 0.15) is 71.9 Å². The van der Waals surface area contributed by atoms with Gasteiger partial charge in [-0.25, -0.2) is 9.67 Å². The molecule has 2 amide bonds. The lowest BCUT2D eigenvalue weighted by Gasteiger charge is -2.46. The van der Waals surface area contributed by atoms with Crippen LogP contribution in [-0.4, -0.2) is 44.4 Å². The summed E-state index contributed by atoms with van der Waals surface area (Å²) in [6, 6.07) is 9.29. The Kier molecular flexibility index (Phi) is 5.76. The molecular formula is C28H28ClN7O2. The van der Waals surface area contributed by atoms with Gasteiger partial charge in [-0.05, 0) is 85.4 Å². The van der Waals surface area contributed by atoms with Crippen molar-refractivity contribution in [2.75, 3.05) is 11.4 Å². The SMILES string of the molecule is Cc1cc(N2C[C@H]3C[C@H]3C2=O)ncc1C(C)n1cc(C(=O)N[C@H]2C[C@@](C)(c3cc(Cl)ccc3C#N)C2)nn1. The lowest BCUT2D eigenvalue weighted by molar-refractivity contribution is -0.118. The number of hydrogen-bond donors (Lipinski definition) is 1. The van der Waals surface area contributed by atoms with Gasteiger partial charge in [0.25, 0.3) is 5.91 Å². The average Bonchev–Trinajstić information content (AvgIpc) is 3.33. The molecule has 38 heavy (non-hydrogen) atoms. The second kappa shape index (κ2) is 8.91. The molecule has 9 nitrogen and oxygen atoms in total. The van der Waals surface area contributed by atoms with Gasteiger partial charge in [-0.3, -0.25) is 14.5 Å². The number of benzene rings is 1. The van der Waals surface area contributed by atoms with Crippen LogP contribution >= 0.6 is 11.6 Å². The second-order valence-electron chi connectivity index (χ2n) is 11.2. The highest BCUT2D eigenvalue weighted by atomic mass is 35.5. The zero-order valence-corrected chi connectivity index (χ0v) is 22.2. The van der Waals surface area contributed by atoms with Crippen LogP contribution in [0.25, 0.3) is 0 Å². The highest BCUT2D eigenvalue weighted by molar-refractivity contribution is 6.30. The van der Waals surface area contributed by atoms with Gasteiger partial charge < -0.3 is 5.32 Å². The van der Waals surface area contributed by atoms with Crippen LogP contribution < -0.4 is 10.2 Å². The van der Waals surface area contributed by atoms with Crippen LogP contribution in [0.4, 0.5) is 5.82 Å². The summed E-state index contributed by atoms with van der Waals surface area (Å²) in [5.74, 6) is 1.28. The first kappa shape index (κ1) is 24.6. The Morgan fingerprint density at radius 3 is 2.79 bits per heavy atom. The molecule has 10 heteroatoms. The van der Waals surface area contributed by atoms with Gasteiger partial charge in [-0.2, -0.15) is 5.26 Å². The number of rotatable bonds is 6. The van der Waals surface area contributed by atoms with Gasteiger partial charge >= 0.3 is 0 Å². The number of anilines is 1. The Bertz CT molecular complexity index is 1500. The third kappa shape index (κ3) is 4.13. The highest BCUT2D eigenvalue weighted by Crippen LogP contribution is 2.47. The Balaban J connectivity index is 1.10. The number of pyridine rings is 1. The number of nitrogens with zero attached hydrogens (tertiary/aromatic N) is 6. The van der Waals surface area contributed by atoms with Crippen molar-refractivity contribution < 1.29 is 9.59 Å². The minimum Gasteiger partial charge on any atom is -0.348 e. The molecule has 0 spiro atoms. The fraction of sp³-hybridized carbons (Fsp3) is 0.429. The molecule has 1 saturated heterocycles. The van der Waals surface area contributed by atoms with Crippen molar-refractivity contribution >= 4 is 29.2 Å². The van der Waals surface area contributed by atoms with Gasteiger partial charge in [-0.15, -0.1) is 5.10 Å². The first-order valence-corrected chi connectivity index (χ1v) is 13.3. The summed E-state index contributed by atoms with van der Waals surface area (Å²) in [6.45, 7) is 6.81. The van der Waals surface area contributed by atoms with Crippen LogP contribution in [-0.2, 0) is 10.2 Å². The molecule has 1 aliphatic heterocycles. The number of nitriles is 1. The topological polar surface area (TPSA) is 117 Å². The summed E-state index contributed by atoms with van der Waals surface area (Å²) >= 11 is 6.18. The molecule has 0 bridgehead atoms. The van der Waals surface area contributed by atoms with E-state index in [1.54, 1.807) is 34.1 Å². The Hall–Kier alpha value is -3.77. The highest BCUT2D eigenvalue weighted by Gasteiger charge is 2.52. The maximum Gasteiger partial charge on any atom is 0.273 e. The van der Waals surface area contributed by atoms with Gasteiger partial charge in [0.2, 0.25) is 5.91 Å². The lowest BCUT2D eigenvalue weighted by atomic mass is 9.62. The summed E-state index contributed by atoms with van der Waals surface area (Å²) in [5, 5.41) is 21.4. The van der Waals surface area contributed by atoms with Crippen LogP contribution in [0.2, 0.25) is 5.02 Å². The number of nitrogens with one attached hydrogen (secondary N) is 1. The van der Waals surface area contributed by atoms with E-state index in [0.717, 1.165) is 29.7 Å². The molecular weight excluding hydrogens is 502 g/mol. The summed E-state index contributed by atoms with van der Waals surface area (Å²) < 4.78 is 1.66. The van der Waals surface area contributed by atoms with Crippen LogP contribution in [0, 0.1) is 30.1 Å². The molecule has 1 aromatic carbocycles. The predicted octanol–water partition coefficient (Wildman–Crippen LogP) is 3.95. The molecule has 1 N–H and O–H groups in total. The molecule has 0 radical (unpaired) electrons. The number of halogens is 1. The number of aromatic nitrogens is 4. The van der Waals surface area contributed by atoms with E-state index in [0.29, 0.717) is 35.2 Å². The van der Waals surface area contributed by atoms with E-state index in [4.69, 9.17) is 11.6 Å². The Morgan fingerprint density at radius 1 is 1.32 bits per heavy atom. The molecule has 2 saturated carbocycles. The number of carbonyl (C=O) groups is 2. The quantitative estimate of drug-likeness (QED) is 0.516. The predicted molar refractivity (Wildman–Crippen MR) is 141 cm³/mol. The third-order valence-corrected chi connectivity index (χ3v) is 8.64. The number of fused-ring (bicyclic) bond motifs is 1. The van der Waals surface area contributed by atoms with Crippen molar-refractivity contribution in [3.63, 3.8) is 0 Å². The minimum atomic E-state index is -0.279. The Morgan fingerprint density at radius 2 is 2.11 bits per heavy atom. The van der Waals surface area contributed by atoms with Crippen molar-refractivity contribution in [1.29, 1.82) is 5.26 Å². The Labute approximate surface area is 225 Å². The first-order valence-electron chi connectivity index (χ1n) is 12.9. The maximum atomic E-state index is 12.9. The van der Waals surface area contributed by atoms with Gasteiger partial charge in [0.1, 0.15) is 5.82 Å². The number of hydrogen-bond acceptors (Lipinski definition) is 6. The molecule has 3 heterocycles. The van der Waals surface area contributed by atoms with Crippen molar-refractivity contribution in [3.05, 3.63) is 69.6 Å². The van der Waals surface area contributed by atoms with E-state index in [1.807, 2.05) is 26.0 Å². The van der Waals surface area contributed by atoms with Crippen LogP contribution in [0.15, 0.2) is 36.7 Å². The van der Waals surface area contributed by atoms with Crippen molar-refractivity contribution in [1.82, 2.24) is 25.3 Å². The van der Waals surface area contributed by atoms with Gasteiger partial charge in [0.05, 0.1) is 23.9 Å². The van der Waals surface area contributed by atoms with Gasteiger partial charge in [0.15, 0.2) is 5.69 Å². The van der Waals surface area contributed by atoms with E-state index in [9.17, 15) is 14.9 Å². The average molecular weight is 530 g/mol. The van der Waals surface area contributed by atoms with E-state index in [1.165, 1.54) is 0 Å². The van der Waals surface area contributed by atoms with E-state index in [-0.39, 0.29) is 40.9 Å². The molecule has 2 aliphatic carbocycles. The summed E-state index contributed by atoms with van der Waals surface area (Å²) in [4.78, 5) is 31.7. The minimum absolute atomic E-state index is 0.0288. The second-order valence-corrected chi connectivity index (χ2v) is 11.6. The molecule has 194 valence electrons. The summed E-state index contributed by atoms with van der Waals surface area (Å²) in [5.41, 5.74) is 3.50. The number of carbonyl (C=O) groups excluding carboxylic acids is 2. The first-order chi connectivity index (χ1) is 18.2. The van der Waals surface area contributed by atoms with E-state index in [2.05, 4.69) is 33.6 Å². The maximum absolute atomic E-state index is 12.9. The lowest BCUT2D eigenvalue weighted by Crippen LogP contribution is -2.52. The van der Waals surface area contributed by atoms with Crippen molar-refractivity contribution in [2.24, 2.45) is 11.8 Å². The fourth-order valence-electron chi connectivity index (χ4n) is 6.05. The zero-order valence-electron chi connectivity index (χ0n) is 21.5. The zero-order chi connectivity index (χ0) is 26.8. The molecule has 2 aromatic heterocycles. The van der Waals surface area contributed by atoms with E-state index < -0.39 is 0 Å². The van der Waals surface area contributed by atoms with Crippen molar-refractivity contribution in [2.45, 2.75) is 57.5 Å². The molecule has 3 fully saturated rings. The van der Waals surface area contributed by atoms with Gasteiger partial charge in [-0.1, -0.05) is 23.7 Å². The number of amides is 2. The number of aryl methyl sites for hydroxylation is 1. The smallest absolute Gasteiger partial charge is 0.273 e. The van der Waals surface area contributed by atoms with Crippen molar-refractivity contribution in [3.8, 4) is 6.07 Å². The summed E-state index contributed by atoms with van der Waals surface area (Å²) in [7, 11) is 0. The van der Waals surface area contributed by atoms with Crippen LogP contribution in [0.5, 0.6) is 0 Å². The van der Waals surface area contributed by atoms with Crippen LogP contribution in [0.3, 0.4) is 0 Å².